The van der Waals surface area contributed by atoms with Gasteiger partial charge in [-0.2, -0.15) is 5.26 Å². The first-order chi connectivity index (χ1) is 13.5. The summed E-state index contributed by atoms with van der Waals surface area (Å²) in [6.45, 7) is 1.96. The van der Waals surface area contributed by atoms with E-state index in [0.717, 1.165) is 22.4 Å². The van der Waals surface area contributed by atoms with Gasteiger partial charge in [0, 0.05) is 5.92 Å². The van der Waals surface area contributed by atoms with Crippen LogP contribution in [0, 0.1) is 16.7 Å². The van der Waals surface area contributed by atoms with E-state index in [0.29, 0.717) is 17.1 Å². The van der Waals surface area contributed by atoms with Crippen LogP contribution in [0.2, 0.25) is 0 Å². The molecule has 3 aromatic rings. The Hall–Kier alpha value is -3.24. The number of aromatic nitrogens is 2. The molecule has 1 heterocycles. The molecule has 6 nitrogen and oxygen atoms in total. The summed E-state index contributed by atoms with van der Waals surface area (Å²) in [5.41, 5.74) is 4.47. The van der Waals surface area contributed by atoms with Crippen molar-refractivity contribution in [3.8, 4) is 11.8 Å². The normalized spacial score (nSPS) is 20.2. The lowest BCUT2D eigenvalue weighted by atomic mass is 9.73. The Kier molecular flexibility index (Phi) is 4.57. The number of anilines is 1. The molecule has 0 radical (unpaired) electrons. The van der Waals surface area contributed by atoms with Crippen molar-refractivity contribution in [3.05, 3.63) is 70.2 Å². The minimum atomic E-state index is -0.742. The number of methoxy groups -OCH3 is 1. The third kappa shape index (κ3) is 3.02. The van der Waals surface area contributed by atoms with Crippen LogP contribution in [-0.4, -0.2) is 23.2 Å². The maximum Gasteiger partial charge on any atom is 0.233 e. The van der Waals surface area contributed by atoms with Crippen LogP contribution in [0.5, 0.6) is 5.75 Å². The van der Waals surface area contributed by atoms with Gasteiger partial charge in [0.25, 0.3) is 0 Å². The van der Waals surface area contributed by atoms with Crippen molar-refractivity contribution in [2.24, 2.45) is 5.41 Å². The molecule has 0 unspecified atom stereocenters. The lowest BCUT2D eigenvalue weighted by molar-refractivity contribution is -0.125. The lowest BCUT2D eigenvalue weighted by Crippen LogP contribution is -2.37. The van der Waals surface area contributed by atoms with Crippen LogP contribution < -0.4 is 10.1 Å². The number of benzene rings is 2. The lowest BCUT2D eigenvalue weighted by Gasteiger charge is -2.31. The molecule has 28 heavy (non-hydrogen) atoms. The second-order valence-corrected chi connectivity index (χ2v) is 7.86. The van der Waals surface area contributed by atoms with Crippen LogP contribution >= 0.6 is 11.3 Å². The highest BCUT2D eigenvalue weighted by atomic mass is 32.1. The first-order valence-corrected chi connectivity index (χ1v) is 9.67. The van der Waals surface area contributed by atoms with Crippen molar-refractivity contribution >= 4 is 22.4 Å². The molecule has 2 atom stereocenters. The quantitative estimate of drug-likeness (QED) is 0.733. The van der Waals surface area contributed by atoms with Crippen LogP contribution in [0.1, 0.15) is 35.1 Å². The zero-order chi connectivity index (χ0) is 19.7. The number of carbonyl (C=O) groups is 1. The zero-order valence-electron chi connectivity index (χ0n) is 15.5. The molecule has 140 valence electrons. The van der Waals surface area contributed by atoms with Gasteiger partial charge in [0.1, 0.15) is 11.3 Å². The molecule has 4 rings (SSSR count). The number of nitrogens with one attached hydrogen (secondary N) is 1. The van der Waals surface area contributed by atoms with Gasteiger partial charge in [-0.15, -0.1) is 10.2 Å². The Morgan fingerprint density at radius 1 is 1.36 bits per heavy atom. The van der Waals surface area contributed by atoms with E-state index in [4.69, 9.17) is 4.74 Å². The fourth-order valence-corrected chi connectivity index (χ4v) is 4.42. The Balaban J connectivity index is 1.82. The smallest absolute Gasteiger partial charge is 0.233 e. The second-order valence-electron chi connectivity index (χ2n) is 7.03. The molecule has 0 saturated carbocycles. The third-order valence-corrected chi connectivity index (χ3v) is 5.91. The summed E-state index contributed by atoms with van der Waals surface area (Å²) in [6.07, 6.45) is 0.570. The predicted octanol–water partition coefficient (Wildman–Crippen LogP) is 3.75. The Morgan fingerprint density at radius 2 is 2.21 bits per heavy atom. The van der Waals surface area contributed by atoms with Crippen molar-refractivity contribution in [2.45, 2.75) is 19.3 Å². The molecule has 0 bridgehead atoms. The van der Waals surface area contributed by atoms with Gasteiger partial charge in [0.05, 0.1) is 24.2 Å². The first kappa shape index (κ1) is 18.1. The van der Waals surface area contributed by atoms with Crippen molar-refractivity contribution in [1.29, 1.82) is 5.26 Å². The summed E-state index contributed by atoms with van der Waals surface area (Å²) in [5, 5.41) is 20.5. The molecule has 2 aromatic carbocycles. The number of hydrogen-bond acceptors (Lipinski definition) is 6. The van der Waals surface area contributed by atoms with E-state index < -0.39 is 5.41 Å². The monoisotopic (exact) mass is 390 g/mol. The molecule has 1 N–H and O–H groups in total. The van der Waals surface area contributed by atoms with Gasteiger partial charge in [-0.05, 0) is 54.3 Å². The van der Waals surface area contributed by atoms with Crippen LogP contribution in [0.25, 0.3) is 0 Å². The summed E-state index contributed by atoms with van der Waals surface area (Å²) in [4.78, 5) is 13.3. The molecule has 1 aliphatic carbocycles. The van der Waals surface area contributed by atoms with Gasteiger partial charge < -0.3 is 10.1 Å². The van der Waals surface area contributed by atoms with E-state index in [2.05, 4.69) is 21.6 Å². The van der Waals surface area contributed by atoms with E-state index in [1.165, 1.54) is 11.3 Å². The fraction of sp³-hybridized carbons (Fsp3) is 0.238. The van der Waals surface area contributed by atoms with Crippen LogP contribution in [0.3, 0.4) is 0 Å². The van der Waals surface area contributed by atoms with Crippen molar-refractivity contribution in [2.75, 3.05) is 12.4 Å². The summed E-state index contributed by atoms with van der Waals surface area (Å²) < 4.78 is 5.39. The highest BCUT2D eigenvalue weighted by molar-refractivity contribution is 7.13. The molecule has 1 aromatic heterocycles. The van der Waals surface area contributed by atoms with E-state index in [-0.39, 0.29) is 11.8 Å². The molecule has 1 aliphatic rings. The van der Waals surface area contributed by atoms with Crippen LogP contribution in [-0.2, 0) is 11.2 Å². The predicted molar refractivity (Wildman–Crippen MR) is 106 cm³/mol. The van der Waals surface area contributed by atoms with Crippen LogP contribution in [0.15, 0.2) is 48.0 Å². The zero-order valence-corrected chi connectivity index (χ0v) is 16.3. The van der Waals surface area contributed by atoms with Gasteiger partial charge in [0.2, 0.25) is 11.0 Å². The maximum atomic E-state index is 13.3. The number of nitriles is 1. The van der Waals surface area contributed by atoms with Crippen molar-refractivity contribution in [3.63, 3.8) is 0 Å². The molecule has 7 heteroatoms. The second kappa shape index (κ2) is 7.06. The molecule has 1 amide bonds. The fourth-order valence-electron chi connectivity index (χ4n) is 3.98. The number of rotatable bonds is 4. The Labute approximate surface area is 166 Å². The summed E-state index contributed by atoms with van der Waals surface area (Å²) in [7, 11) is 1.62. The number of fused-ring (bicyclic) bond motifs is 1. The minimum absolute atomic E-state index is 0.119. The van der Waals surface area contributed by atoms with E-state index in [9.17, 15) is 10.1 Å². The molecule has 0 saturated heterocycles. The standard InChI is InChI=1S/C21H18N4O2S/c1-21(19(26)24-20-25-23-12-28-20)10-15-7-6-13(11-22)8-17(15)18(21)14-4-3-5-16(9-14)27-2/h3-9,12,18H,10H2,1-2H3,(H,24,25,26)/t18-,21+/m1/s1. The number of amides is 1. The molecular weight excluding hydrogens is 372 g/mol. The summed E-state index contributed by atoms with van der Waals surface area (Å²) >= 11 is 1.28. The number of carbonyl (C=O) groups excluding carboxylic acids is 1. The molecular formula is C21H18N4O2S. The minimum Gasteiger partial charge on any atom is -0.497 e. The van der Waals surface area contributed by atoms with E-state index in [1.807, 2.05) is 43.3 Å². The van der Waals surface area contributed by atoms with Gasteiger partial charge in [0.15, 0.2) is 0 Å². The van der Waals surface area contributed by atoms with Gasteiger partial charge in [-0.3, -0.25) is 4.79 Å². The van der Waals surface area contributed by atoms with Crippen LogP contribution in [0.4, 0.5) is 5.13 Å². The first-order valence-electron chi connectivity index (χ1n) is 8.79. The van der Waals surface area contributed by atoms with Gasteiger partial charge in [-0.25, -0.2) is 0 Å². The topological polar surface area (TPSA) is 87.9 Å². The molecule has 0 aliphatic heterocycles. The largest absolute Gasteiger partial charge is 0.497 e. The van der Waals surface area contributed by atoms with E-state index in [1.54, 1.807) is 18.7 Å². The number of nitrogens with zero attached hydrogens (tertiary/aromatic N) is 3. The van der Waals surface area contributed by atoms with E-state index >= 15 is 0 Å². The summed E-state index contributed by atoms with van der Waals surface area (Å²) in [6, 6.07) is 15.6. The molecule has 0 fully saturated rings. The highest BCUT2D eigenvalue weighted by Crippen LogP contribution is 2.52. The average molecular weight is 390 g/mol. The highest BCUT2D eigenvalue weighted by Gasteiger charge is 2.49. The number of hydrogen-bond donors (Lipinski definition) is 1. The SMILES string of the molecule is COc1cccc([C@@H]2c3cc(C#N)ccc3C[C@]2(C)C(=O)Nc2nncs2)c1. The number of ether oxygens (including phenoxy) is 1. The Bertz CT molecular complexity index is 1070. The van der Waals surface area contributed by atoms with Crippen molar-refractivity contribution < 1.29 is 9.53 Å². The average Bonchev–Trinajstić information content (AvgIpc) is 3.32. The summed E-state index contributed by atoms with van der Waals surface area (Å²) in [5.74, 6) is 0.403. The maximum absolute atomic E-state index is 13.3. The van der Waals surface area contributed by atoms with Gasteiger partial charge >= 0.3 is 0 Å². The Morgan fingerprint density at radius 3 is 2.93 bits per heavy atom. The van der Waals surface area contributed by atoms with Crippen molar-refractivity contribution in [1.82, 2.24) is 10.2 Å². The van der Waals surface area contributed by atoms with Gasteiger partial charge in [-0.1, -0.05) is 29.5 Å². The molecule has 0 spiro atoms. The third-order valence-electron chi connectivity index (χ3n) is 5.31.